The maximum absolute atomic E-state index is 13.7. The number of nitrogens with zero attached hydrogens (tertiary/aromatic N) is 1. The molecule has 1 saturated heterocycles. The van der Waals surface area contributed by atoms with Crippen molar-refractivity contribution >= 4 is 33.2 Å². The van der Waals surface area contributed by atoms with Crippen molar-refractivity contribution in [3.05, 3.63) is 64.7 Å². The van der Waals surface area contributed by atoms with Gasteiger partial charge in [-0.3, -0.25) is 4.79 Å². The first-order chi connectivity index (χ1) is 13.2. The van der Waals surface area contributed by atoms with Crippen LogP contribution in [0.25, 0.3) is 0 Å². The number of benzene rings is 2. The molecule has 1 fully saturated rings. The van der Waals surface area contributed by atoms with Gasteiger partial charge in [-0.25, -0.2) is 21.5 Å². The van der Waals surface area contributed by atoms with Crippen LogP contribution in [0, 0.1) is 17.6 Å². The fourth-order valence-electron chi connectivity index (χ4n) is 3.16. The fourth-order valence-corrected chi connectivity index (χ4v) is 4.97. The Kier molecular flexibility index (Phi) is 6.32. The number of halogens is 3. The maximum Gasteiger partial charge on any atom is 0.228 e. The topological polar surface area (TPSA) is 66.5 Å². The molecule has 150 valence electrons. The minimum absolute atomic E-state index is 0.0115. The molecule has 5 nitrogen and oxygen atoms in total. The third-order valence-electron chi connectivity index (χ3n) is 4.58. The van der Waals surface area contributed by atoms with E-state index in [9.17, 15) is 22.0 Å². The molecule has 1 aliphatic heterocycles. The Morgan fingerprint density at radius 3 is 2.71 bits per heavy atom. The van der Waals surface area contributed by atoms with E-state index >= 15 is 0 Å². The average Bonchev–Trinajstić information content (AvgIpc) is 2.64. The van der Waals surface area contributed by atoms with Gasteiger partial charge in [0.1, 0.15) is 11.6 Å². The molecule has 0 radical (unpaired) electrons. The maximum atomic E-state index is 13.7. The quantitative estimate of drug-likeness (QED) is 0.787. The number of piperidine rings is 1. The summed E-state index contributed by atoms with van der Waals surface area (Å²) in [6.45, 7) is 0.329. The van der Waals surface area contributed by atoms with E-state index in [1.807, 2.05) is 0 Å². The Labute approximate surface area is 167 Å². The molecule has 1 amide bonds. The SMILES string of the molecule is O=C(Nc1ccc(F)cc1F)C1CCCN(S(=O)(=O)Cc2cccc(Cl)c2)C1. The van der Waals surface area contributed by atoms with Gasteiger partial charge in [0.05, 0.1) is 17.4 Å². The number of sulfonamides is 1. The van der Waals surface area contributed by atoms with Crippen LogP contribution in [0.4, 0.5) is 14.5 Å². The number of amides is 1. The van der Waals surface area contributed by atoms with Gasteiger partial charge in [0, 0.05) is 24.2 Å². The van der Waals surface area contributed by atoms with E-state index in [0.29, 0.717) is 36.0 Å². The highest BCUT2D eigenvalue weighted by Gasteiger charge is 2.32. The Balaban J connectivity index is 1.68. The molecule has 28 heavy (non-hydrogen) atoms. The largest absolute Gasteiger partial charge is 0.323 e. The number of carbonyl (C=O) groups excluding carboxylic acids is 1. The van der Waals surface area contributed by atoms with Gasteiger partial charge in [0.2, 0.25) is 15.9 Å². The molecule has 0 aromatic heterocycles. The molecular weight excluding hydrogens is 410 g/mol. The van der Waals surface area contributed by atoms with Gasteiger partial charge >= 0.3 is 0 Å². The van der Waals surface area contributed by atoms with Crippen LogP contribution in [0.15, 0.2) is 42.5 Å². The number of rotatable bonds is 5. The highest BCUT2D eigenvalue weighted by molar-refractivity contribution is 7.88. The first kappa shape index (κ1) is 20.7. The average molecular weight is 429 g/mol. The molecule has 2 aromatic carbocycles. The zero-order valence-electron chi connectivity index (χ0n) is 14.9. The number of hydrogen-bond donors (Lipinski definition) is 1. The van der Waals surface area contributed by atoms with Crippen molar-refractivity contribution in [2.75, 3.05) is 18.4 Å². The van der Waals surface area contributed by atoms with Crippen LogP contribution in [0.3, 0.4) is 0 Å². The number of nitrogens with one attached hydrogen (secondary N) is 1. The molecule has 1 aliphatic rings. The highest BCUT2D eigenvalue weighted by Crippen LogP contribution is 2.24. The molecule has 1 atom stereocenters. The lowest BCUT2D eigenvalue weighted by Gasteiger charge is -2.31. The van der Waals surface area contributed by atoms with Gasteiger partial charge in [-0.2, -0.15) is 0 Å². The number of anilines is 1. The van der Waals surface area contributed by atoms with Crippen molar-refractivity contribution < 1.29 is 22.0 Å². The monoisotopic (exact) mass is 428 g/mol. The minimum Gasteiger partial charge on any atom is -0.323 e. The first-order valence-electron chi connectivity index (χ1n) is 8.73. The summed E-state index contributed by atoms with van der Waals surface area (Å²) in [5.74, 6) is -2.95. The van der Waals surface area contributed by atoms with E-state index in [1.165, 1.54) is 4.31 Å². The summed E-state index contributed by atoms with van der Waals surface area (Å²) < 4.78 is 53.5. The van der Waals surface area contributed by atoms with E-state index in [1.54, 1.807) is 24.3 Å². The Morgan fingerprint density at radius 2 is 2.00 bits per heavy atom. The van der Waals surface area contributed by atoms with Gasteiger partial charge in [0.25, 0.3) is 0 Å². The van der Waals surface area contributed by atoms with E-state index < -0.39 is 33.5 Å². The molecule has 1 N–H and O–H groups in total. The van der Waals surface area contributed by atoms with Gasteiger partial charge in [-0.1, -0.05) is 23.7 Å². The molecule has 1 unspecified atom stereocenters. The van der Waals surface area contributed by atoms with Crippen molar-refractivity contribution in [3.8, 4) is 0 Å². The van der Waals surface area contributed by atoms with Crippen molar-refractivity contribution in [1.82, 2.24) is 4.31 Å². The van der Waals surface area contributed by atoms with Crippen molar-refractivity contribution in [3.63, 3.8) is 0 Å². The predicted molar refractivity (Wildman–Crippen MR) is 103 cm³/mol. The smallest absolute Gasteiger partial charge is 0.228 e. The summed E-state index contributed by atoms with van der Waals surface area (Å²) in [5.41, 5.74) is 0.428. The first-order valence-corrected chi connectivity index (χ1v) is 10.7. The zero-order chi connectivity index (χ0) is 20.3. The third kappa shape index (κ3) is 5.06. The van der Waals surface area contributed by atoms with E-state index in [0.717, 1.165) is 12.1 Å². The summed E-state index contributed by atoms with van der Waals surface area (Å²) in [5, 5.41) is 2.87. The zero-order valence-corrected chi connectivity index (χ0v) is 16.4. The van der Waals surface area contributed by atoms with Crippen LogP contribution in [0.5, 0.6) is 0 Å². The summed E-state index contributed by atoms with van der Waals surface area (Å²) in [6, 6.07) is 9.46. The van der Waals surface area contributed by atoms with Crippen LogP contribution >= 0.6 is 11.6 Å². The highest BCUT2D eigenvalue weighted by atomic mass is 35.5. The standard InChI is InChI=1S/C19H19ClF2N2O3S/c20-15-5-1-3-13(9-15)12-28(26,27)24-8-2-4-14(11-24)19(25)23-18-7-6-16(21)10-17(18)22/h1,3,5-7,9-10,14H,2,4,8,11-12H2,(H,23,25). The van der Waals surface area contributed by atoms with Crippen LogP contribution in [-0.2, 0) is 20.6 Å². The summed E-state index contributed by atoms with van der Waals surface area (Å²) in [4.78, 5) is 12.5. The van der Waals surface area contributed by atoms with Gasteiger partial charge < -0.3 is 5.32 Å². The fraction of sp³-hybridized carbons (Fsp3) is 0.316. The number of carbonyl (C=O) groups is 1. The molecule has 2 aromatic rings. The molecule has 0 bridgehead atoms. The molecular formula is C19H19ClF2N2O3S. The molecule has 0 saturated carbocycles. The predicted octanol–water partition coefficient (Wildman–Crippen LogP) is 3.80. The second kappa shape index (κ2) is 8.55. The normalized spacial score (nSPS) is 18.0. The Hall–Kier alpha value is -2.03. The molecule has 9 heteroatoms. The molecule has 0 spiro atoms. The van der Waals surface area contributed by atoms with Crippen LogP contribution < -0.4 is 5.32 Å². The van der Waals surface area contributed by atoms with Crippen molar-refractivity contribution in [1.29, 1.82) is 0 Å². The van der Waals surface area contributed by atoms with Gasteiger partial charge in [-0.05, 0) is 42.7 Å². The lowest BCUT2D eigenvalue weighted by atomic mass is 9.98. The third-order valence-corrected chi connectivity index (χ3v) is 6.63. The van der Waals surface area contributed by atoms with E-state index in [2.05, 4.69) is 5.32 Å². The Morgan fingerprint density at radius 1 is 1.21 bits per heavy atom. The second-order valence-electron chi connectivity index (χ2n) is 6.70. The summed E-state index contributed by atoms with van der Waals surface area (Å²) in [7, 11) is -3.64. The van der Waals surface area contributed by atoms with Crippen molar-refractivity contribution in [2.45, 2.75) is 18.6 Å². The van der Waals surface area contributed by atoms with Gasteiger partial charge in [-0.15, -0.1) is 0 Å². The van der Waals surface area contributed by atoms with Gasteiger partial charge in [0.15, 0.2) is 0 Å². The second-order valence-corrected chi connectivity index (χ2v) is 9.10. The van der Waals surface area contributed by atoms with E-state index in [-0.39, 0.29) is 18.0 Å². The lowest BCUT2D eigenvalue weighted by Crippen LogP contribution is -2.44. The van der Waals surface area contributed by atoms with E-state index in [4.69, 9.17) is 11.6 Å². The minimum atomic E-state index is -3.64. The Bertz CT molecular complexity index is 985. The number of hydrogen-bond acceptors (Lipinski definition) is 3. The van der Waals surface area contributed by atoms with Crippen LogP contribution in [0.2, 0.25) is 5.02 Å². The molecule has 0 aliphatic carbocycles. The summed E-state index contributed by atoms with van der Waals surface area (Å²) in [6.07, 6.45) is 0.997. The molecule has 1 heterocycles. The summed E-state index contributed by atoms with van der Waals surface area (Å²) >= 11 is 5.91. The molecule has 3 rings (SSSR count). The van der Waals surface area contributed by atoms with Crippen LogP contribution in [-0.4, -0.2) is 31.7 Å². The van der Waals surface area contributed by atoms with Crippen molar-refractivity contribution in [2.24, 2.45) is 5.92 Å². The van der Waals surface area contributed by atoms with Crippen LogP contribution in [0.1, 0.15) is 18.4 Å². The lowest BCUT2D eigenvalue weighted by molar-refractivity contribution is -0.120.